The van der Waals surface area contributed by atoms with Gasteiger partial charge in [0.05, 0.1) is 0 Å². The lowest BCUT2D eigenvalue weighted by atomic mass is 10.1. The van der Waals surface area contributed by atoms with Gasteiger partial charge in [-0.1, -0.05) is 141 Å². The van der Waals surface area contributed by atoms with Crippen LogP contribution in [0.15, 0.2) is 36.6 Å². The van der Waals surface area contributed by atoms with E-state index < -0.39 is 24.5 Å². The smallest absolute Gasteiger partial charge is 0.306 e. The molecule has 1 saturated heterocycles. The molecule has 3 heterocycles. The molecule has 306 valence electrons. The predicted octanol–water partition coefficient (Wildman–Crippen LogP) is 11.6. The summed E-state index contributed by atoms with van der Waals surface area (Å²) in [5.74, 6) is -0.564. The highest BCUT2D eigenvalue weighted by molar-refractivity contribution is 5.70. The minimum Gasteiger partial charge on any atom is -0.463 e. The first kappa shape index (κ1) is 45.4. The number of allylic oxidation sites excluding steroid dienone is 4. The van der Waals surface area contributed by atoms with E-state index in [1.165, 1.54) is 109 Å². The molecule has 0 spiro atoms. The van der Waals surface area contributed by atoms with Crippen molar-refractivity contribution in [3.8, 4) is 6.01 Å². The Bertz CT molecular complexity index is 1260. The van der Waals surface area contributed by atoms with Crippen LogP contribution >= 0.6 is 0 Å². The summed E-state index contributed by atoms with van der Waals surface area (Å²) in [5.41, 5.74) is 0.0834. The molecule has 2 aliphatic heterocycles. The van der Waals surface area contributed by atoms with Crippen LogP contribution in [0.4, 0.5) is 0 Å². The summed E-state index contributed by atoms with van der Waals surface area (Å²) < 4.78 is 25.6. The number of hydrogen-bond acceptors (Lipinski definition) is 8. The fourth-order valence-electron chi connectivity index (χ4n) is 7.29. The van der Waals surface area contributed by atoms with E-state index in [4.69, 9.17) is 24.4 Å². The van der Waals surface area contributed by atoms with Crippen molar-refractivity contribution in [2.75, 3.05) is 6.61 Å². The highest BCUT2D eigenvalue weighted by atomic mass is 16.7. The Labute approximate surface area is 327 Å². The molecule has 9 nitrogen and oxygen atoms in total. The van der Waals surface area contributed by atoms with Crippen molar-refractivity contribution in [2.24, 2.45) is 0 Å². The van der Waals surface area contributed by atoms with Crippen molar-refractivity contribution in [1.82, 2.24) is 9.55 Å². The average Bonchev–Trinajstić information content (AvgIpc) is 3.68. The fourth-order valence-corrected chi connectivity index (χ4v) is 7.29. The second kappa shape index (κ2) is 29.4. The van der Waals surface area contributed by atoms with Gasteiger partial charge in [0.25, 0.3) is 0 Å². The van der Waals surface area contributed by atoms with Gasteiger partial charge >= 0.3 is 17.9 Å². The van der Waals surface area contributed by atoms with E-state index in [0.717, 1.165) is 57.8 Å². The van der Waals surface area contributed by atoms with Crippen LogP contribution in [-0.2, 0) is 23.8 Å². The topological polar surface area (TPSA) is 113 Å². The number of unbranched alkanes of at least 4 members (excludes halogenated alkanes) is 22. The lowest BCUT2D eigenvalue weighted by molar-refractivity contribution is -0.160. The van der Waals surface area contributed by atoms with Gasteiger partial charge in [-0.15, -0.1) is 0 Å². The summed E-state index contributed by atoms with van der Waals surface area (Å²) >= 11 is 0. The van der Waals surface area contributed by atoms with Crippen LogP contribution in [0, 0.1) is 5.41 Å². The van der Waals surface area contributed by atoms with E-state index in [9.17, 15) is 9.59 Å². The summed E-state index contributed by atoms with van der Waals surface area (Å²) in [6, 6.07) is 1.82. The molecule has 0 aliphatic carbocycles. The quantitative estimate of drug-likeness (QED) is 0.0432. The third kappa shape index (κ3) is 19.1. The van der Waals surface area contributed by atoms with Crippen LogP contribution < -0.4 is 10.2 Å². The molecular weight excluding hydrogens is 679 g/mol. The van der Waals surface area contributed by atoms with Crippen molar-refractivity contribution in [1.29, 1.82) is 5.41 Å². The molecule has 2 aliphatic rings. The number of nitrogens with one attached hydrogen (secondary N) is 1. The molecule has 1 fully saturated rings. The zero-order chi connectivity index (χ0) is 38.5. The second-order valence-corrected chi connectivity index (χ2v) is 15.5. The molecule has 0 aromatic carbocycles. The molecule has 1 N–H and O–H groups in total. The number of fused-ring (bicyclic) bond motifs is 3. The lowest BCUT2D eigenvalue weighted by Gasteiger charge is -2.22. The van der Waals surface area contributed by atoms with Gasteiger partial charge in [0.1, 0.15) is 12.7 Å². The van der Waals surface area contributed by atoms with Crippen LogP contribution in [0.5, 0.6) is 6.01 Å². The monoisotopic (exact) mass is 754 g/mol. The van der Waals surface area contributed by atoms with Crippen molar-refractivity contribution in [3.05, 3.63) is 42.1 Å². The van der Waals surface area contributed by atoms with E-state index >= 15 is 0 Å². The fraction of sp³-hybridized carbons (Fsp3) is 0.778. The molecule has 0 radical (unpaired) electrons. The molecule has 9 heteroatoms. The Kier molecular flexibility index (Phi) is 24.7. The van der Waals surface area contributed by atoms with Crippen LogP contribution in [0.1, 0.15) is 200 Å². The van der Waals surface area contributed by atoms with Gasteiger partial charge in [0.2, 0.25) is 0 Å². The molecule has 0 bridgehead atoms. The zero-order valence-electron chi connectivity index (χ0n) is 34.1. The number of rotatable bonds is 33. The van der Waals surface area contributed by atoms with Gasteiger partial charge in [-0.05, 0) is 70.3 Å². The molecule has 54 heavy (non-hydrogen) atoms. The van der Waals surface area contributed by atoms with E-state index in [1.54, 1.807) is 16.8 Å². The number of carbonyl (C=O) groups excluding carboxylic acids is 2. The normalized spacial score (nSPS) is 19.0. The minimum absolute atomic E-state index is 0.00846. The van der Waals surface area contributed by atoms with Crippen molar-refractivity contribution >= 4 is 11.9 Å². The van der Waals surface area contributed by atoms with Crippen molar-refractivity contribution in [3.63, 3.8) is 0 Å². The molecule has 4 atom stereocenters. The van der Waals surface area contributed by atoms with Crippen LogP contribution in [0.25, 0.3) is 0 Å². The van der Waals surface area contributed by atoms with Gasteiger partial charge < -0.3 is 18.9 Å². The summed E-state index contributed by atoms with van der Waals surface area (Å²) in [7, 11) is 0. The Morgan fingerprint density at radius 1 is 0.685 bits per heavy atom. The van der Waals surface area contributed by atoms with Crippen LogP contribution in [0.2, 0.25) is 0 Å². The summed E-state index contributed by atoms with van der Waals surface area (Å²) in [4.78, 5) is 29.8. The standard InChI is InChI=1S/C45H75N3O6/c1-3-5-7-9-11-13-15-17-19-21-23-25-27-29-31-33-40(49)51-37-38-42(43-44(52-38)48-36-35-39(46)47-45(48)54-43)53-41(50)34-32-30-28-26-24-22-20-18-16-14-12-10-8-6-4-2/h17-20,35-36,38,42-44,46H,3-16,21-34,37H2,1-2H3/b19-17-,20-18-,46-39?/t38-,42-,43+,44-/m1/s1. The Morgan fingerprint density at radius 3 is 1.67 bits per heavy atom. The molecule has 0 amide bonds. The first-order chi connectivity index (χ1) is 26.5. The molecular formula is C45H75N3O6. The third-order valence-electron chi connectivity index (χ3n) is 10.6. The molecule has 1 aromatic rings. The van der Waals surface area contributed by atoms with Crippen molar-refractivity contribution < 1.29 is 28.5 Å². The minimum atomic E-state index is -0.742. The van der Waals surface area contributed by atoms with E-state index in [0.29, 0.717) is 12.8 Å². The second-order valence-electron chi connectivity index (χ2n) is 15.5. The number of aromatic nitrogens is 2. The van der Waals surface area contributed by atoms with E-state index in [1.807, 2.05) is 0 Å². The van der Waals surface area contributed by atoms with Crippen LogP contribution in [-0.4, -0.2) is 46.4 Å². The summed E-state index contributed by atoms with van der Waals surface area (Å²) in [6.45, 7) is 4.51. The van der Waals surface area contributed by atoms with Gasteiger partial charge in [-0.3, -0.25) is 19.6 Å². The maximum absolute atomic E-state index is 13.0. The Balaban J connectivity index is 1.28. The maximum Gasteiger partial charge on any atom is 0.306 e. The number of hydrogen-bond donors (Lipinski definition) is 1. The highest BCUT2D eigenvalue weighted by Crippen LogP contribution is 2.40. The first-order valence-corrected chi connectivity index (χ1v) is 22.1. The largest absolute Gasteiger partial charge is 0.463 e. The molecule has 0 saturated carbocycles. The van der Waals surface area contributed by atoms with E-state index in [-0.39, 0.29) is 30.0 Å². The number of ether oxygens (including phenoxy) is 4. The highest BCUT2D eigenvalue weighted by Gasteiger charge is 2.54. The Hall–Kier alpha value is -2.94. The summed E-state index contributed by atoms with van der Waals surface area (Å²) in [6.07, 6.45) is 40.4. The molecule has 0 unspecified atom stereocenters. The van der Waals surface area contributed by atoms with Gasteiger partial charge in [-0.25, -0.2) is 0 Å². The van der Waals surface area contributed by atoms with Gasteiger partial charge in [-0.2, -0.15) is 4.98 Å². The maximum atomic E-state index is 13.0. The molecule has 3 rings (SSSR count). The van der Waals surface area contributed by atoms with Gasteiger partial charge in [0, 0.05) is 19.0 Å². The SMILES string of the molecule is CCCCCCCC/C=C\CCCCCCCC(=O)OC[C@H]1O[C@@H]2[C@@H](Oc3nc(=N)ccn32)[C@@H]1OC(=O)CCCCCCC/C=C\CCCCCCCC. The predicted molar refractivity (Wildman–Crippen MR) is 216 cm³/mol. The number of esters is 2. The van der Waals surface area contributed by atoms with Gasteiger partial charge in [0.15, 0.2) is 23.9 Å². The zero-order valence-corrected chi connectivity index (χ0v) is 34.1. The van der Waals surface area contributed by atoms with Crippen LogP contribution in [0.3, 0.4) is 0 Å². The number of carbonyl (C=O) groups is 2. The average molecular weight is 754 g/mol. The number of nitrogens with zero attached hydrogens (tertiary/aromatic N) is 2. The lowest BCUT2D eigenvalue weighted by Crippen LogP contribution is -2.40. The Morgan fingerprint density at radius 2 is 1.15 bits per heavy atom. The van der Waals surface area contributed by atoms with E-state index in [2.05, 4.69) is 43.1 Å². The van der Waals surface area contributed by atoms with Crippen molar-refractivity contribution in [2.45, 2.75) is 218 Å². The first-order valence-electron chi connectivity index (χ1n) is 22.1. The third-order valence-corrected chi connectivity index (χ3v) is 10.6. The summed E-state index contributed by atoms with van der Waals surface area (Å²) in [5, 5.41) is 7.86. The molecule has 1 aromatic heterocycles.